The summed E-state index contributed by atoms with van der Waals surface area (Å²) in [6.45, 7) is 0. The molecule has 0 aromatic heterocycles. The third-order valence-electron chi connectivity index (χ3n) is 3.22. The highest BCUT2D eigenvalue weighted by molar-refractivity contribution is 6.14. The summed E-state index contributed by atoms with van der Waals surface area (Å²) in [6.07, 6.45) is 0. The van der Waals surface area contributed by atoms with Crippen molar-refractivity contribution in [2.45, 2.75) is 0 Å². The molecule has 0 bridgehead atoms. The molecular formula is C16H15NO5. The van der Waals surface area contributed by atoms with Crippen LogP contribution in [-0.2, 0) is 0 Å². The molecule has 6 nitrogen and oxygen atoms in total. The minimum absolute atomic E-state index is 0.0329. The molecule has 0 radical (unpaired) electrons. The fraction of sp³-hybridized carbons (Fsp3) is 0.125. The van der Waals surface area contributed by atoms with Crippen LogP contribution in [-0.4, -0.2) is 41.2 Å². The maximum atomic E-state index is 12.5. The van der Waals surface area contributed by atoms with Gasteiger partial charge in [0.25, 0.3) is 0 Å². The van der Waals surface area contributed by atoms with E-state index in [0.29, 0.717) is 0 Å². The minimum atomic E-state index is -1.21. The van der Waals surface area contributed by atoms with Crippen molar-refractivity contribution in [2.75, 3.05) is 19.0 Å². The number of anilines is 1. The van der Waals surface area contributed by atoms with Crippen LogP contribution in [0.4, 0.5) is 5.69 Å². The molecular weight excluding hydrogens is 286 g/mol. The number of carboxylic acids is 1. The summed E-state index contributed by atoms with van der Waals surface area (Å²) in [5.74, 6) is -2.44. The number of ketones is 1. The van der Waals surface area contributed by atoms with E-state index in [4.69, 9.17) is 5.11 Å². The van der Waals surface area contributed by atoms with Gasteiger partial charge >= 0.3 is 5.97 Å². The van der Waals surface area contributed by atoms with Crippen molar-refractivity contribution in [3.8, 4) is 11.5 Å². The van der Waals surface area contributed by atoms with E-state index in [1.807, 2.05) is 0 Å². The first-order valence-corrected chi connectivity index (χ1v) is 6.44. The lowest BCUT2D eigenvalue weighted by molar-refractivity contribution is 0.0696. The summed E-state index contributed by atoms with van der Waals surface area (Å²) in [5, 5.41) is 29.2. The van der Waals surface area contributed by atoms with Gasteiger partial charge in [-0.3, -0.25) is 4.79 Å². The number of para-hydroxylation sites is 1. The lowest BCUT2D eigenvalue weighted by atomic mass is 9.98. The summed E-state index contributed by atoms with van der Waals surface area (Å²) in [6, 6.07) is 8.44. The number of carbonyl (C=O) groups excluding carboxylic acids is 1. The first-order chi connectivity index (χ1) is 10.3. The largest absolute Gasteiger partial charge is 0.507 e. The van der Waals surface area contributed by atoms with E-state index in [1.165, 1.54) is 29.2 Å². The number of hydrogen-bond acceptors (Lipinski definition) is 5. The van der Waals surface area contributed by atoms with Gasteiger partial charge in [-0.05, 0) is 24.3 Å². The monoisotopic (exact) mass is 301 g/mol. The van der Waals surface area contributed by atoms with E-state index in [2.05, 4.69) is 0 Å². The second-order valence-corrected chi connectivity index (χ2v) is 4.90. The zero-order chi connectivity index (χ0) is 16.4. The summed E-state index contributed by atoms with van der Waals surface area (Å²) >= 11 is 0. The Kier molecular flexibility index (Phi) is 4.03. The lowest BCUT2D eigenvalue weighted by Gasteiger charge is -2.19. The van der Waals surface area contributed by atoms with Gasteiger partial charge in [-0.25, -0.2) is 4.79 Å². The fourth-order valence-electron chi connectivity index (χ4n) is 2.20. The number of aromatic carboxylic acids is 1. The van der Waals surface area contributed by atoms with Gasteiger partial charge in [0, 0.05) is 14.1 Å². The molecule has 0 atom stereocenters. The number of carboxylic acid groups (broad SMARTS) is 1. The van der Waals surface area contributed by atoms with E-state index in [1.54, 1.807) is 26.2 Å². The highest BCUT2D eigenvalue weighted by Crippen LogP contribution is 2.35. The predicted octanol–water partition coefficient (Wildman–Crippen LogP) is 2.09. The van der Waals surface area contributed by atoms with Gasteiger partial charge in [-0.15, -0.1) is 0 Å². The molecule has 3 N–H and O–H groups in total. The van der Waals surface area contributed by atoms with Crippen molar-refractivity contribution < 1.29 is 24.9 Å². The molecule has 0 amide bonds. The van der Waals surface area contributed by atoms with E-state index in [0.717, 1.165) is 0 Å². The molecule has 0 unspecified atom stereocenters. The van der Waals surface area contributed by atoms with Crippen LogP contribution in [0.5, 0.6) is 11.5 Å². The molecule has 0 aliphatic heterocycles. The van der Waals surface area contributed by atoms with Crippen LogP contribution in [0.15, 0.2) is 36.4 Å². The van der Waals surface area contributed by atoms with Crippen molar-refractivity contribution in [1.82, 2.24) is 0 Å². The fourth-order valence-corrected chi connectivity index (χ4v) is 2.20. The molecule has 114 valence electrons. The first kappa shape index (κ1) is 15.4. The normalized spacial score (nSPS) is 10.3. The van der Waals surface area contributed by atoms with E-state index in [-0.39, 0.29) is 28.1 Å². The quantitative estimate of drug-likeness (QED) is 0.748. The summed E-state index contributed by atoms with van der Waals surface area (Å²) < 4.78 is 0. The van der Waals surface area contributed by atoms with Crippen LogP contribution in [0, 0.1) is 0 Å². The molecule has 2 aromatic rings. The molecule has 0 saturated heterocycles. The van der Waals surface area contributed by atoms with Crippen LogP contribution < -0.4 is 4.90 Å². The Hall–Kier alpha value is -3.02. The van der Waals surface area contributed by atoms with Gasteiger partial charge in [-0.1, -0.05) is 12.1 Å². The number of aromatic hydroxyl groups is 2. The van der Waals surface area contributed by atoms with Gasteiger partial charge in [-0.2, -0.15) is 0 Å². The average Bonchev–Trinajstić information content (AvgIpc) is 2.46. The number of phenolic OH excluding ortho intramolecular Hbond substituents is 2. The molecule has 22 heavy (non-hydrogen) atoms. The first-order valence-electron chi connectivity index (χ1n) is 6.44. The Bertz CT molecular complexity index is 752. The molecule has 0 heterocycles. The van der Waals surface area contributed by atoms with Crippen LogP contribution >= 0.6 is 0 Å². The summed E-state index contributed by atoms with van der Waals surface area (Å²) in [5.41, 5.74) is -0.120. The van der Waals surface area contributed by atoms with Crippen LogP contribution in [0.25, 0.3) is 0 Å². The second-order valence-electron chi connectivity index (χ2n) is 4.90. The number of rotatable bonds is 4. The standard InChI is InChI=1S/C16H15NO5/c1-17(2)13-10(16(21)22)7-8-11(15(13)20)14(19)9-5-3-4-6-12(9)18/h3-8,18,20H,1-2H3,(H,21,22). The van der Waals surface area contributed by atoms with Gasteiger partial charge in [0.1, 0.15) is 5.75 Å². The van der Waals surface area contributed by atoms with Crippen molar-refractivity contribution in [1.29, 1.82) is 0 Å². The van der Waals surface area contributed by atoms with Gasteiger partial charge < -0.3 is 20.2 Å². The number of benzene rings is 2. The van der Waals surface area contributed by atoms with E-state index >= 15 is 0 Å². The Labute approximate surface area is 126 Å². The van der Waals surface area contributed by atoms with Crippen molar-refractivity contribution in [3.63, 3.8) is 0 Å². The number of nitrogens with zero attached hydrogens (tertiary/aromatic N) is 1. The zero-order valence-electron chi connectivity index (χ0n) is 12.1. The third-order valence-corrected chi connectivity index (χ3v) is 3.22. The minimum Gasteiger partial charge on any atom is -0.507 e. The Morgan fingerprint density at radius 2 is 1.50 bits per heavy atom. The lowest BCUT2D eigenvalue weighted by Crippen LogP contribution is -2.16. The predicted molar refractivity (Wildman–Crippen MR) is 80.9 cm³/mol. The number of phenols is 2. The molecule has 6 heteroatoms. The Morgan fingerprint density at radius 1 is 0.909 bits per heavy atom. The Morgan fingerprint density at radius 3 is 2.05 bits per heavy atom. The molecule has 0 fully saturated rings. The molecule has 2 rings (SSSR count). The average molecular weight is 301 g/mol. The summed E-state index contributed by atoms with van der Waals surface area (Å²) in [4.78, 5) is 25.1. The van der Waals surface area contributed by atoms with E-state index in [9.17, 15) is 19.8 Å². The molecule has 0 aliphatic carbocycles. The number of carbonyl (C=O) groups is 2. The smallest absolute Gasteiger partial charge is 0.337 e. The topological polar surface area (TPSA) is 98.1 Å². The Balaban J connectivity index is 2.63. The summed E-state index contributed by atoms with van der Waals surface area (Å²) in [7, 11) is 3.13. The van der Waals surface area contributed by atoms with E-state index < -0.39 is 17.5 Å². The zero-order valence-corrected chi connectivity index (χ0v) is 12.1. The van der Waals surface area contributed by atoms with Crippen LogP contribution in [0.3, 0.4) is 0 Å². The third kappa shape index (κ3) is 2.58. The highest BCUT2D eigenvalue weighted by atomic mass is 16.4. The second kappa shape index (κ2) is 5.77. The highest BCUT2D eigenvalue weighted by Gasteiger charge is 2.24. The molecule has 0 aliphatic rings. The molecule has 2 aromatic carbocycles. The maximum Gasteiger partial charge on any atom is 0.337 e. The maximum absolute atomic E-state index is 12.5. The number of hydrogen-bond donors (Lipinski definition) is 3. The molecule has 0 saturated carbocycles. The van der Waals surface area contributed by atoms with Gasteiger partial charge in [0.15, 0.2) is 5.75 Å². The van der Waals surface area contributed by atoms with Crippen LogP contribution in [0.1, 0.15) is 26.3 Å². The van der Waals surface area contributed by atoms with Gasteiger partial charge in [0.05, 0.1) is 22.4 Å². The van der Waals surface area contributed by atoms with Crippen molar-refractivity contribution in [2.24, 2.45) is 0 Å². The van der Waals surface area contributed by atoms with Crippen molar-refractivity contribution >= 4 is 17.4 Å². The van der Waals surface area contributed by atoms with Crippen molar-refractivity contribution in [3.05, 3.63) is 53.1 Å². The van der Waals surface area contributed by atoms with Crippen LogP contribution in [0.2, 0.25) is 0 Å². The van der Waals surface area contributed by atoms with Gasteiger partial charge in [0.2, 0.25) is 5.78 Å². The molecule has 0 spiro atoms. The SMILES string of the molecule is CN(C)c1c(C(=O)O)ccc(C(=O)c2ccccc2O)c1O.